The fourth-order valence-corrected chi connectivity index (χ4v) is 3.01. The molecule has 0 amide bonds. The van der Waals surface area contributed by atoms with Crippen LogP contribution < -0.4 is 5.56 Å². The smallest absolute Gasteiger partial charge is 0.256 e. The van der Waals surface area contributed by atoms with Crippen LogP contribution in [0.15, 0.2) is 51.9 Å². The molecular formula is C18H17N3O3. The summed E-state index contributed by atoms with van der Waals surface area (Å²) in [5.74, 6) is 1.31. The third kappa shape index (κ3) is 2.83. The first kappa shape index (κ1) is 14.7. The number of H-pyrrole nitrogens is 1. The van der Waals surface area contributed by atoms with Gasteiger partial charge < -0.3 is 14.5 Å². The Morgan fingerprint density at radius 3 is 2.83 bits per heavy atom. The van der Waals surface area contributed by atoms with Gasteiger partial charge in [-0.05, 0) is 29.8 Å². The minimum absolute atomic E-state index is 0.109. The van der Waals surface area contributed by atoms with Crippen molar-refractivity contribution in [1.29, 1.82) is 0 Å². The van der Waals surface area contributed by atoms with Gasteiger partial charge in [-0.25, -0.2) is 4.98 Å². The molecule has 1 aliphatic heterocycles. The summed E-state index contributed by atoms with van der Waals surface area (Å²) in [6, 6.07) is 10.7. The molecule has 6 nitrogen and oxygen atoms in total. The van der Waals surface area contributed by atoms with Gasteiger partial charge in [0.1, 0.15) is 5.75 Å². The molecule has 1 aliphatic rings. The molecular weight excluding hydrogens is 306 g/mol. The highest BCUT2D eigenvalue weighted by molar-refractivity contribution is 5.47. The molecule has 24 heavy (non-hydrogen) atoms. The molecule has 0 atom stereocenters. The Hall–Kier alpha value is -2.86. The Morgan fingerprint density at radius 2 is 2.08 bits per heavy atom. The van der Waals surface area contributed by atoms with Gasteiger partial charge in [0, 0.05) is 26.1 Å². The van der Waals surface area contributed by atoms with Crippen molar-refractivity contribution >= 4 is 0 Å². The standard InChI is InChI=1S/C18H17N3O3/c22-13-5-3-12(4-6-13)10-21-8-7-15-14(11-21)18(23)20-17(19-15)16-2-1-9-24-16/h1-6,9,22H,7-8,10-11H2,(H,19,20,23). The van der Waals surface area contributed by atoms with Gasteiger partial charge in [-0.15, -0.1) is 0 Å². The summed E-state index contributed by atoms with van der Waals surface area (Å²) in [6.07, 6.45) is 2.29. The fourth-order valence-electron chi connectivity index (χ4n) is 3.01. The van der Waals surface area contributed by atoms with Crippen LogP contribution in [0.25, 0.3) is 11.6 Å². The molecule has 0 radical (unpaired) electrons. The van der Waals surface area contributed by atoms with Crippen LogP contribution in [0.4, 0.5) is 0 Å². The van der Waals surface area contributed by atoms with E-state index in [0.29, 0.717) is 18.1 Å². The van der Waals surface area contributed by atoms with Gasteiger partial charge in [-0.1, -0.05) is 12.1 Å². The number of hydrogen-bond donors (Lipinski definition) is 2. The number of phenols is 1. The number of hydrogen-bond acceptors (Lipinski definition) is 5. The van der Waals surface area contributed by atoms with Gasteiger partial charge in [-0.3, -0.25) is 9.69 Å². The average molecular weight is 323 g/mol. The Kier molecular flexibility index (Phi) is 3.66. The van der Waals surface area contributed by atoms with Crippen LogP contribution in [0.3, 0.4) is 0 Å². The molecule has 6 heteroatoms. The molecule has 0 saturated carbocycles. The predicted octanol–water partition coefficient (Wildman–Crippen LogP) is 2.29. The van der Waals surface area contributed by atoms with Crippen LogP contribution >= 0.6 is 0 Å². The quantitative estimate of drug-likeness (QED) is 0.773. The zero-order valence-corrected chi connectivity index (χ0v) is 13.0. The highest BCUT2D eigenvalue weighted by atomic mass is 16.3. The molecule has 1 aromatic carbocycles. The van der Waals surface area contributed by atoms with Crippen LogP contribution in [0.2, 0.25) is 0 Å². The largest absolute Gasteiger partial charge is 0.508 e. The minimum atomic E-state index is -0.109. The van der Waals surface area contributed by atoms with Gasteiger partial charge in [0.25, 0.3) is 5.56 Å². The number of aromatic nitrogens is 2. The Labute approximate surface area is 138 Å². The molecule has 122 valence electrons. The maximum atomic E-state index is 12.4. The molecule has 3 heterocycles. The van der Waals surface area contributed by atoms with E-state index in [1.807, 2.05) is 12.1 Å². The van der Waals surface area contributed by atoms with Gasteiger partial charge in [0.15, 0.2) is 11.6 Å². The van der Waals surface area contributed by atoms with Crippen molar-refractivity contribution in [1.82, 2.24) is 14.9 Å². The Morgan fingerprint density at radius 1 is 1.25 bits per heavy atom. The van der Waals surface area contributed by atoms with E-state index in [1.165, 1.54) is 0 Å². The van der Waals surface area contributed by atoms with E-state index in [1.54, 1.807) is 30.5 Å². The molecule has 0 fully saturated rings. The van der Waals surface area contributed by atoms with Crippen molar-refractivity contribution in [3.8, 4) is 17.3 Å². The third-order valence-electron chi connectivity index (χ3n) is 4.24. The SMILES string of the molecule is O=c1[nH]c(-c2ccco2)nc2c1CN(Cc1ccc(O)cc1)CC2. The van der Waals surface area contributed by atoms with Crippen LogP contribution in [-0.2, 0) is 19.5 Å². The number of fused-ring (bicyclic) bond motifs is 1. The molecule has 0 bridgehead atoms. The minimum Gasteiger partial charge on any atom is -0.508 e. The van der Waals surface area contributed by atoms with E-state index < -0.39 is 0 Å². The van der Waals surface area contributed by atoms with Gasteiger partial charge in [-0.2, -0.15) is 0 Å². The molecule has 0 saturated heterocycles. The number of nitrogens with one attached hydrogen (secondary N) is 1. The van der Waals surface area contributed by atoms with Crippen LogP contribution in [0.1, 0.15) is 16.8 Å². The third-order valence-corrected chi connectivity index (χ3v) is 4.24. The summed E-state index contributed by atoms with van der Waals surface area (Å²) >= 11 is 0. The molecule has 2 aromatic heterocycles. The number of rotatable bonds is 3. The van der Waals surface area contributed by atoms with Gasteiger partial charge >= 0.3 is 0 Å². The molecule has 0 unspecified atom stereocenters. The summed E-state index contributed by atoms with van der Waals surface area (Å²) in [5.41, 5.74) is 2.55. The van der Waals surface area contributed by atoms with E-state index in [4.69, 9.17) is 4.42 Å². The summed E-state index contributed by atoms with van der Waals surface area (Å²) < 4.78 is 5.31. The first-order valence-corrected chi connectivity index (χ1v) is 7.85. The summed E-state index contributed by atoms with van der Waals surface area (Å²) in [4.78, 5) is 22.0. The fraction of sp³-hybridized carbons (Fsp3) is 0.222. The maximum Gasteiger partial charge on any atom is 0.256 e. The summed E-state index contributed by atoms with van der Waals surface area (Å²) in [7, 11) is 0. The lowest BCUT2D eigenvalue weighted by atomic mass is 10.1. The normalized spacial score (nSPS) is 14.5. The predicted molar refractivity (Wildman–Crippen MR) is 88.5 cm³/mol. The molecule has 0 spiro atoms. The lowest BCUT2D eigenvalue weighted by molar-refractivity contribution is 0.241. The second kappa shape index (κ2) is 5.98. The van der Waals surface area contributed by atoms with Gasteiger partial charge in [0.2, 0.25) is 0 Å². The van der Waals surface area contributed by atoms with Crippen LogP contribution in [0, 0.1) is 0 Å². The van der Waals surface area contributed by atoms with Crippen molar-refractivity contribution in [3.63, 3.8) is 0 Å². The second-order valence-corrected chi connectivity index (χ2v) is 5.94. The number of nitrogens with zero attached hydrogens (tertiary/aromatic N) is 2. The Bertz CT molecular complexity index is 898. The zero-order valence-electron chi connectivity index (χ0n) is 13.0. The van der Waals surface area contributed by atoms with Crippen molar-refractivity contribution in [2.45, 2.75) is 19.5 Å². The first-order chi connectivity index (χ1) is 11.7. The highest BCUT2D eigenvalue weighted by Crippen LogP contribution is 2.20. The second-order valence-electron chi connectivity index (χ2n) is 5.94. The zero-order chi connectivity index (χ0) is 16.5. The van der Waals surface area contributed by atoms with Crippen molar-refractivity contribution < 1.29 is 9.52 Å². The van der Waals surface area contributed by atoms with E-state index >= 15 is 0 Å². The van der Waals surface area contributed by atoms with E-state index in [-0.39, 0.29) is 11.3 Å². The lowest BCUT2D eigenvalue weighted by Gasteiger charge is -2.27. The molecule has 4 rings (SSSR count). The molecule has 2 N–H and O–H groups in total. The van der Waals surface area contributed by atoms with Gasteiger partial charge in [0.05, 0.1) is 17.5 Å². The van der Waals surface area contributed by atoms with Crippen molar-refractivity contribution in [3.05, 3.63) is 69.8 Å². The number of furan rings is 1. The average Bonchev–Trinajstić information content (AvgIpc) is 3.12. The summed E-state index contributed by atoms with van der Waals surface area (Å²) in [5, 5.41) is 9.36. The molecule has 3 aromatic rings. The maximum absolute atomic E-state index is 12.4. The topological polar surface area (TPSA) is 82.4 Å². The summed E-state index contributed by atoms with van der Waals surface area (Å²) in [6.45, 7) is 2.14. The van der Waals surface area contributed by atoms with Crippen LogP contribution in [-0.4, -0.2) is 26.5 Å². The van der Waals surface area contributed by atoms with Crippen LogP contribution in [0.5, 0.6) is 5.75 Å². The number of aromatic hydroxyl groups is 1. The number of phenolic OH excluding ortho intramolecular Hbond substituents is 1. The van der Waals surface area contributed by atoms with Crippen molar-refractivity contribution in [2.75, 3.05) is 6.54 Å². The Balaban J connectivity index is 1.57. The van der Waals surface area contributed by atoms with Crippen molar-refractivity contribution in [2.24, 2.45) is 0 Å². The number of aromatic amines is 1. The van der Waals surface area contributed by atoms with E-state index in [9.17, 15) is 9.90 Å². The lowest BCUT2D eigenvalue weighted by Crippen LogP contribution is -2.35. The number of benzene rings is 1. The van der Waals surface area contributed by atoms with E-state index in [2.05, 4.69) is 14.9 Å². The first-order valence-electron chi connectivity index (χ1n) is 7.85. The highest BCUT2D eigenvalue weighted by Gasteiger charge is 2.22. The van der Waals surface area contributed by atoms with E-state index in [0.717, 1.165) is 36.3 Å². The molecule has 0 aliphatic carbocycles. The monoisotopic (exact) mass is 323 g/mol.